The number of hydrogen-bond acceptors (Lipinski definition) is 6. The van der Waals surface area contributed by atoms with E-state index in [1.807, 2.05) is 24.3 Å². The van der Waals surface area contributed by atoms with E-state index in [0.717, 1.165) is 22.0 Å². The van der Waals surface area contributed by atoms with Crippen LogP contribution in [-0.4, -0.2) is 72.4 Å². The highest BCUT2D eigenvalue weighted by Crippen LogP contribution is 2.30. The van der Waals surface area contributed by atoms with Gasteiger partial charge in [-0.2, -0.15) is 0 Å². The zero-order valence-corrected chi connectivity index (χ0v) is 19.3. The molecule has 1 amide bonds. The first kappa shape index (κ1) is 23.0. The van der Waals surface area contributed by atoms with Crippen LogP contribution in [0.1, 0.15) is 0 Å². The molecule has 0 unspecified atom stereocenters. The second-order valence-electron chi connectivity index (χ2n) is 7.15. The van der Waals surface area contributed by atoms with Gasteiger partial charge in [0.2, 0.25) is 15.9 Å². The Balaban J connectivity index is 1.67. The van der Waals surface area contributed by atoms with Gasteiger partial charge in [-0.25, -0.2) is 8.42 Å². The quantitative estimate of drug-likeness (QED) is 0.622. The smallest absolute Gasteiger partial charge is 0.243 e. The van der Waals surface area contributed by atoms with Crippen LogP contribution >= 0.6 is 11.6 Å². The molecule has 0 saturated carbocycles. The van der Waals surface area contributed by atoms with Crippen LogP contribution in [0.25, 0.3) is 0 Å². The van der Waals surface area contributed by atoms with Gasteiger partial charge in [-0.15, -0.1) is 0 Å². The first-order chi connectivity index (χ1) is 14.7. The van der Waals surface area contributed by atoms with Crippen LogP contribution in [-0.2, 0) is 14.8 Å². The number of methoxy groups -OCH3 is 2. The molecule has 1 aliphatic heterocycles. The number of ether oxygens (including phenoxy) is 2. The monoisotopic (exact) mass is 467 g/mol. The van der Waals surface area contributed by atoms with Crippen molar-refractivity contribution in [2.24, 2.45) is 0 Å². The summed E-state index contributed by atoms with van der Waals surface area (Å²) in [5.41, 5.74) is 1.37. The van der Waals surface area contributed by atoms with Crippen molar-refractivity contribution in [2.45, 2.75) is 0 Å². The van der Waals surface area contributed by atoms with E-state index in [1.165, 1.54) is 13.2 Å². The number of hydrogen-bond donors (Lipinski definition) is 0. The van der Waals surface area contributed by atoms with E-state index in [1.54, 1.807) is 24.1 Å². The molecule has 0 bridgehead atoms. The number of rotatable bonds is 7. The molecular weight excluding hydrogens is 442 g/mol. The molecule has 0 radical (unpaired) electrons. The number of benzene rings is 2. The summed E-state index contributed by atoms with van der Waals surface area (Å²) in [6.45, 7) is 2.04. The summed E-state index contributed by atoms with van der Waals surface area (Å²) in [6, 6.07) is 12.4. The summed E-state index contributed by atoms with van der Waals surface area (Å²) in [7, 11) is -0.584. The molecule has 31 heavy (non-hydrogen) atoms. The van der Waals surface area contributed by atoms with Crippen molar-refractivity contribution in [3.63, 3.8) is 0 Å². The fraction of sp³-hybridized carbons (Fsp3) is 0.381. The first-order valence-corrected chi connectivity index (χ1v) is 11.9. The maximum atomic E-state index is 12.9. The lowest BCUT2D eigenvalue weighted by atomic mass is 10.2. The predicted octanol–water partition coefficient (Wildman–Crippen LogP) is 2.47. The van der Waals surface area contributed by atoms with Crippen LogP contribution in [0.3, 0.4) is 0 Å². The third-order valence-corrected chi connectivity index (χ3v) is 6.61. The van der Waals surface area contributed by atoms with Crippen molar-refractivity contribution in [3.8, 4) is 11.5 Å². The Kier molecular flexibility index (Phi) is 7.17. The maximum absolute atomic E-state index is 12.9. The van der Waals surface area contributed by atoms with Gasteiger partial charge in [0.05, 0.1) is 31.2 Å². The molecule has 0 N–H and O–H groups in total. The first-order valence-electron chi connectivity index (χ1n) is 9.71. The Morgan fingerprint density at radius 1 is 1.03 bits per heavy atom. The van der Waals surface area contributed by atoms with Crippen molar-refractivity contribution in [1.82, 2.24) is 4.90 Å². The fourth-order valence-electron chi connectivity index (χ4n) is 3.44. The van der Waals surface area contributed by atoms with E-state index >= 15 is 0 Å². The van der Waals surface area contributed by atoms with Crippen molar-refractivity contribution in [3.05, 3.63) is 47.5 Å². The van der Waals surface area contributed by atoms with Gasteiger partial charge in [0, 0.05) is 31.9 Å². The average molecular weight is 468 g/mol. The molecule has 0 atom stereocenters. The fourth-order valence-corrected chi connectivity index (χ4v) is 4.53. The van der Waals surface area contributed by atoms with Crippen LogP contribution in [0.15, 0.2) is 42.5 Å². The van der Waals surface area contributed by atoms with Crippen molar-refractivity contribution in [1.29, 1.82) is 0 Å². The molecule has 1 heterocycles. The van der Waals surface area contributed by atoms with Gasteiger partial charge in [0.15, 0.2) is 0 Å². The third kappa shape index (κ3) is 5.54. The van der Waals surface area contributed by atoms with Crippen LogP contribution in [0.4, 0.5) is 11.4 Å². The Morgan fingerprint density at radius 3 is 2.19 bits per heavy atom. The lowest BCUT2D eigenvalue weighted by Crippen LogP contribution is -2.52. The molecule has 1 saturated heterocycles. The molecule has 8 nitrogen and oxygen atoms in total. The number of sulfonamides is 1. The summed E-state index contributed by atoms with van der Waals surface area (Å²) >= 11 is 6.15. The number of halogens is 1. The van der Waals surface area contributed by atoms with Crippen molar-refractivity contribution < 1.29 is 22.7 Å². The van der Waals surface area contributed by atoms with Crippen LogP contribution < -0.4 is 18.7 Å². The maximum Gasteiger partial charge on any atom is 0.243 e. The average Bonchev–Trinajstić information content (AvgIpc) is 2.76. The number of piperazine rings is 1. The molecule has 0 aliphatic carbocycles. The molecule has 0 spiro atoms. The summed E-state index contributed by atoms with van der Waals surface area (Å²) in [6.07, 6.45) is 1.07. The summed E-state index contributed by atoms with van der Waals surface area (Å²) in [5, 5.41) is 0.272. The number of anilines is 2. The van der Waals surface area contributed by atoms with Crippen LogP contribution in [0.2, 0.25) is 5.02 Å². The van der Waals surface area contributed by atoms with Crippen molar-refractivity contribution in [2.75, 3.05) is 62.4 Å². The zero-order valence-electron chi connectivity index (χ0n) is 17.7. The highest BCUT2D eigenvalue weighted by atomic mass is 35.5. The highest BCUT2D eigenvalue weighted by molar-refractivity contribution is 7.92. The minimum atomic E-state index is -3.68. The summed E-state index contributed by atoms with van der Waals surface area (Å²) in [5.74, 6) is 0.962. The number of nitrogens with zero attached hydrogens (tertiary/aromatic N) is 3. The SMILES string of the molecule is COc1ccc(N2CCN(C(=O)CN(c3ccc(OC)c(Cl)c3)S(C)(=O)=O)CC2)cc1. The molecule has 1 fully saturated rings. The Bertz CT molecular complexity index is 1020. The lowest BCUT2D eigenvalue weighted by Gasteiger charge is -2.37. The van der Waals surface area contributed by atoms with Crippen LogP contribution in [0.5, 0.6) is 11.5 Å². The molecule has 10 heteroatoms. The largest absolute Gasteiger partial charge is 0.497 e. The number of carbonyl (C=O) groups excluding carboxylic acids is 1. The van der Waals surface area contributed by atoms with E-state index in [0.29, 0.717) is 37.6 Å². The van der Waals surface area contributed by atoms with Gasteiger partial charge in [-0.1, -0.05) is 11.6 Å². The van der Waals surface area contributed by atoms with Gasteiger partial charge >= 0.3 is 0 Å². The molecule has 2 aromatic rings. The minimum absolute atomic E-state index is 0.258. The topological polar surface area (TPSA) is 79.4 Å². The Morgan fingerprint density at radius 2 is 1.68 bits per heavy atom. The predicted molar refractivity (Wildman–Crippen MR) is 122 cm³/mol. The van der Waals surface area contributed by atoms with Gasteiger partial charge < -0.3 is 19.3 Å². The standard InChI is InChI=1S/C21H26ClN3O5S/c1-29-18-7-4-16(5-8-18)23-10-12-24(13-11-23)21(26)15-25(31(3,27)28)17-6-9-20(30-2)19(22)14-17/h4-9,14H,10-13,15H2,1-3H3. The summed E-state index contributed by atoms with van der Waals surface area (Å²) in [4.78, 5) is 16.8. The van der Waals surface area contributed by atoms with Gasteiger partial charge in [0.25, 0.3) is 0 Å². The normalized spacial score (nSPS) is 14.3. The van der Waals surface area contributed by atoms with E-state index in [9.17, 15) is 13.2 Å². The van der Waals surface area contributed by atoms with E-state index in [4.69, 9.17) is 21.1 Å². The highest BCUT2D eigenvalue weighted by Gasteiger charge is 2.27. The molecular formula is C21H26ClN3O5S. The third-order valence-electron chi connectivity index (χ3n) is 5.17. The van der Waals surface area contributed by atoms with Gasteiger partial charge in [-0.05, 0) is 42.5 Å². The van der Waals surface area contributed by atoms with E-state index < -0.39 is 10.0 Å². The zero-order chi connectivity index (χ0) is 22.6. The van der Waals surface area contributed by atoms with E-state index in [2.05, 4.69) is 4.90 Å². The van der Waals surface area contributed by atoms with E-state index in [-0.39, 0.29) is 17.5 Å². The number of carbonyl (C=O) groups is 1. The second-order valence-corrected chi connectivity index (χ2v) is 9.47. The molecule has 2 aromatic carbocycles. The van der Waals surface area contributed by atoms with Crippen molar-refractivity contribution >= 4 is 38.9 Å². The summed E-state index contributed by atoms with van der Waals surface area (Å²) < 4.78 is 36.1. The molecule has 3 rings (SSSR count). The lowest BCUT2D eigenvalue weighted by molar-refractivity contribution is -0.129. The molecule has 1 aliphatic rings. The minimum Gasteiger partial charge on any atom is -0.497 e. The Labute approximate surface area is 187 Å². The second kappa shape index (κ2) is 9.65. The van der Waals surface area contributed by atoms with Gasteiger partial charge in [0.1, 0.15) is 18.0 Å². The molecule has 0 aromatic heterocycles. The van der Waals surface area contributed by atoms with Crippen LogP contribution in [0, 0.1) is 0 Å². The molecule has 168 valence electrons. The van der Waals surface area contributed by atoms with Gasteiger partial charge in [-0.3, -0.25) is 9.10 Å². The Hall–Kier alpha value is -2.65. The number of amides is 1.